The number of carbonyl (C=O) groups excluding carboxylic acids is 3. The van der Waals surface area contributed by atoms with Crippen LogP contribution in [0.1, 0.15) is 53.3 Å². The molecule has 0 saturated carbocycles. The molecule has 0 aliphatic rings. The summed E-state index contributed by atoms with van der Waals surface area (Å²) in [7, 11) is 0. The van der Waals surface area contributed by atoms with Crippen molar-refractivity contribution in [1.29, 1.82) is 0 Å². The fourth-order valence-electron chi connectivity index (χ4n) is 3.91. The molecule has 0 radical (unpaired) electrons. The molecule has 0 fully saturated rings. The van der Waals surface area contributed by atoms with Crippen LogP contribution in [-0.2, 0) is 17.8 Å². The van der Waals surface area contributed by atoms with E-state index in [0.717, 1.165) is 11.1 Å². The van der Waals surface area contributed by atoms with E-state index < -0.39 is 29.2 Å². The van der Waals surface area contributed by atoms with E-state index in [0.29, 0.717) is 11.9 Å². The van der Waals surface area contributed by atoms with Crippen LogP contribution in [-0.4, -0.2) is 50.2 Å². The van der Waals surface area contributed by atoms with E-state index in [1.54, 1.807) is 28.9 Å². The van der Waals surface area contributed by atoms with Gasteiger partial charge in [0.05, 0.1) is 12.1 Å². The summed E-state index contributed by atoms with van der Waals surface area (Å²) in [6.45, 7) is 5.99. The normalized spacial score (nSPS) is 12.3. The molecule has 198 valence electrons. The molecule has 4 N–H and O–H groups in total. The average Bonchev–Trinajstić information content (AvgIpc) is 3.49. The molecule has 0 spiro atoms. The Kier molecular flexibility index (Phi) is 7.51. The minimum atomic E-state index is -0.887. The van der Waals surface area contributed by atoms with Gasteiger partial charge in [0.15, 0.2) is 11.5 Å². The third kappa shape index (κ3) is 6.02. The second-order valence-corrected chi connectivity index (χ2v) is 9.84. The van der Waals surface area contributed by atoms with Crippen molar-refractivity contribution in [2.75, 3.05) is 6.54 Å². The third-order valence-corrected chi connectivity index (χ3v) is 5.85. The number of rotatable bonds is 9. The van der Waals surface area contributed by atoms with Crippen LogP contribution in [0.25, 0.3) is 10.9 Å². The summed E-state index contributed by atoms with van der Waals surface area (Å²) in [5.41, 5.74) is 6.20. The lowest BCUT2D eigenvalue weighted by Crippen LogP contribution is -2.54. The van der Waals surface area contributed by atoms with E-state index in [2.05, 4.69) is 25.9 Å². The molecular formula is C26H28FN7O4. The van der Waals surface area contributed by atoms with E-state index in [1.165, 1.54) is 12.1 Å². The lowest BCUT2D eigenvalue weighted by atomic mass is 9.86. The van der Waals surface area contributed by atoms with Gasteiger partial charge in [-0.1, -0.05) is 56.3 Å². The van der Waals surface area contributed by atoms with Crippen LogP contribution in [0.2, 0.25) is 0 Å². The number of primary amides is 1. The lowest BCUT2D eigenvalue weighted by molar-refractivity contribution is -0.125. The van der Waals surface area contributed by atoms with E-state index in [-0.39, 0.29) is 36.2 Å². The minimum Gasteiger partial charge on any atom is -0.361 e. The Bertz CT molecular complexity index is 1470. The summed E-state index contributed by atoms with van der Waals surface area (Å²) < 4.78 is 19.7. The number of fused-ring (bicyclic) bond motifs is 1. The Morgan fingerprint density at radius 2 is 1.82 bits per heavy atom. The van der Waals surface area contributed by atoms with Crippen LogP contribution in [0.4, 0.5) is 4.39 Å². The first-order valence-corrected chi connectivity index (χ1v) is 11.9. The maximum atomic E-state index is 13.4. The predicted octanol–water partition coefficient (Wildman–Crippen LogP) is 2.21. The number of nitrogens with two attached hydrogens (primary N) is 1. The molecule has 2 aromatic heterocycles. The van der Waals surface area contributed by atoms with Gasteiger partial charge in [-0.05, 0) is 29.2 Å². The van der Waals surface area contributed by atoms with E-state index in [9.17, 15) is 18.8 Å². The summed E-state index contributed by atoms with van der Waals surface area (Å²) >= 11 is 0. The molecule has 0 aliphatic carbocycles. The van der Waals surface area contributed by atoms with Gasteiger partial charge >= 0.3 is 11.8 Å². The van der Waals surface area contributed by atoms with Gasteiger partial charge in [-0.25, -0.2) is 4.39 Å². The number of hydrogen-bond acceptors (Lipinski definition) is 7. The van der Waals surface area contributed by atoms with Crippen molar-refractivity contribution in [3.8, 4) is 0 Å². The minimum absolute atomic E-state index is 0.147. The van der Waals surface area contributed by atoms with E-state index in [4.69, 9.17) is 10.3 Å². The fourth-order valence-corrected chi connectivity index (χ4v) is 3.91. The second kappa shape index (κ2) is 10.8. The second-order valence-electron chi connectivity index (χ2n) is 9.84. The smallest absolute Gasteiger partial charge is 0.315 e. The zero-order chi connectivity index (χ0) is 27.4. The number of nitrogens with zero attached hydrogens (tertiary/aromatic N) is 4. The Labute approximate surface area is 217 Å². The van der Waals surface area contributed by atoms with Crippen LogP contribution < -0.4 is 16.4 Å². The highest BCUT2D eigenvalue weighted by Gasteiger charge is 2.34. The Hall–Kier alpha value is -4.61. The quantitative estimate of drug-likeness (QED) is 0.305. The predicted molar refractivity (Wildman–Crippen MR) is 135 cm³/mol. The summed E-state index contributed by atoms with van der Waals surface area (Å²) in [5, 5.41) is 14.4. The highest BCUT2D eigenvalue weighted by atomic mass is 19.1. The van der Waals surface area contributed by atoms with Crippen molar-refractivity contribution in [2.45, 2.75) is 39.8 Å². The highest BCUT2D eigenvalue weighted by molar-refractivity contribution is 6.06. The number of aromatic nitrogens is 4. The molecule has 11 nitrogen and oxygen atoms in total. The van der Waals surface area contributed by atoms with Gasteiger partial charge in [0.25, 0.3) is 5.91 Å². The zero-order valence-corrected chi connectivity index (χ0v) is 21.2. The lowest BCUT2D eigenvalue weighted by Gasteiger charge is -2.30. The SMILES string of the molecule is CC(C)(C)[C@H](NC(=O)c1nn(Cc2ccc(F)cc2)c2ccccc12)C(=O)NCCc1noc(C(N)=O)n1. The first-order valence-electron chi connectivity index (χ1n) is 11.9. The largest absolute Gasteiger partial charge is 0.361 e. The number of para-hydroxylation sites is 1. The number of benzene rings is 2. The number of halogens is 1. The van der Waals surface area contributed by atoms with Crippen molar-refractivity contribution < 1.29 is 23.3 Å². The molecule has 0 unspecified atom stereocenters. The molecule has 4 rings (SSSR count). The maximum absolute atomic E-state index is 13.4. The molecule has 2 heterocycles. The van der Waals surface area contributed by atoms with Crippen LogP contribution in [0, 0.1) is 11.2 Å². The van der Waals surface area contributed by atoms with Crippen LogP contribution >= 0.6 is 0 Å². The average molecular weight is 522 g/mol. The molecule has 1 atom stereocenters. The Balaban J connectivity index is 1.49. The number of nitrogens with one attached hydrogen (secondary N) is 2. The first kappa shape index (κ1) is 26.5. The standard InChI is InChI=1S/C26H28FN7O4/c1-26(2,3)21(24(37)29-13-12-19-30-25(22(28)35)38-33-19)31-23(36)20-17-6-4-5-7-18(17)34(32-20)14-15-8-10-16(27)11-9-15/h4-11,21H,12-14H2,1-3H3,(H2,28,35)(H,29,37)(H,31,36)/t21-/m1/s1. The van der Waals surface area contributed by atoms with Crippen molar-refractivity contribution in [3.63, 3.8) is 0 Å². The summed E-state index contributed by atoms with van der Waals surface area (Å²) in [6, 6.07) is 12.5. The van der Waals surface area contributed by atoms with Gasteiger partial charge < -0.3 is 20.9 Å². The number of amides is 3. The van der Waals surface area contributed by atoms with Gasteiger partial charge in [-0.2, -0.15) is 10.1 Å². The maximum Gasteiger partial charge on any atom is 0.315 e. The van der Waals surface area contributed by atoms with Crippen molar-refractivity contribution >= 4 is 28.6 Å². The molecule has 12 heteroatoms. The first-order chi connectivity index (χ1) is 18.0. The number of hydrogen-bond donors (Lipinski definition) is 3. The van der Waals surface area contributed by atoms with Crippen molar-refractivity contribution in [1.82, 2.24) is 30.6 Å². The summed E-state index contributed by atoms with van der Waals surface area (Å²) in [6.07, 6.45) is 0.200. The molecule has 0 aliphatic heterocycles. The highest BCUT2D eigenvalue weighted by Crippen LogP contribution is 2.23. The monoisotopic (exact) mass is 521 g/mol. The van der Waals surface area contributed by atoms with Crippen molar-refractivity contribution in [2.24, 2.45) is 11.1 Å². The molecule has 0 bridgehead atoms. The van der Waals surface area contributed by atoms with Gasteiger partial charge in [0, 0.05) is 18.4 Å². The summed E-state index contributed by atoms with van der Waals surface area (Å²) in [4.78, 5) is 41.4. The van der Waals surface area contributed by atoms with Crippen LogP contribution in [0.5, 0.6) is 0 Å². The number of carbonyl (C=O) groups is 3. The summed E-state index contributed by atoms with van der Waals surface area (Å²) in [5.74, 6) is -2.17. The van der Waals surface area contributed by atoms with Gasteiger partial charge in [0.1, 0.15) is 11.9 Å². The van der Waals surface area contributed by atoms with Crippen molar-refractivity contribution in [3.05, 3.63) is 77.3 Å². The zero-order valence-electron chi connectivity index (χ0n) is 21.2. The topological polar surface area (TPSA) is 158 Å². The van der Waals surface area contributed by atoms with Crippen LogP contribution in [0.3, 0.4) is 0 Å². The van der Waals surface area contributed by atoms with Crippen LogP contribution in [0.15, 0.2) is 53.1 Å². The molecule has 0 saturated heterocycles. The molecule has 4 aromatic rings. The molecule has 3 amide bonds. The van der Waals surface area contributed by atoms with E-state index >= 15 is 0 Å². The molecular weight excluding hydrogens is 493 g/mol. The third-order valence-electron chi connectivity index (χ3n) is 5.85. The Morgan fingerprint density at radius 3 is 2.47 bits per heavy atom. The Morgan fingerprint density at radius 1 is 1.11 bits per heavy atom. The molecule has 2 aromatic carbocycles. The van der Waals surface area contributed by atoms with Gasteiger partial charge in [-0.15, -0.1) is 0 Å². The molecule has 38 heavy (non-hydrogen) atoms. The van der Waals surface area contributed by atoms with Gasteiger partial charge in [-0.3, -0.25) is 19.1 Å². The van der Waals surface area contributed by atoms with Gasteiger partial charge in [0.2, 0.25) is 5.91 Å². The fraction of sp³-hybridized carbons (Fsp3) is 0.308. The van der Waals surface area contributed by atoms with E-state index in [1.807, 2.05) is 32.9 Å².